The molecular formula is C28H43F3N4O3. The number of nitrogens with zero attached hydrogens (tertiary/aromatic N) is 1. The second-order valence-electron chi connectivity index (χ2n) is 12.4. The van der Waals surface area contributed by atoms with E-state index in [2.05, 4.69) is 10.6 Å². The fraction of sp³-hybridized carbons (Fsp3) is 0.857. The highest BCUT2D eigenvalue weighted by Crippen LogP contribution is 2.45. The average molecular weight is 541 g/mol. The lowest BCUT2D eigenvalue weighted by Crippen LogP contribution is -2.51. The molecule has 0 radical (unpaired) electrons. The zero-order valence-corrected chi connectivity index (χ0v) is 22.3. The Hall–Kier alpha value is -1.81. The first kappa shape index (κ1) is 27.7. The third-order valence-electron chi connectivity index (χ3n) is 9.70. The summed E-state index contributed by atoms with van der Waals surface area (Å²) < 4.78 is 52.5. The molecule has 1 aliphatic heterocycles. The lowest BCUT2D eigenvalue weighted by molar-refractivity contribution is -0.198. The predicted octanol–water partition coefficient (Wildman–Crippen LogP) is 4.83. The molecular weight excluding hydrogens is 497 g/mol. The van der Waals surface area contributed by atoms with Gasteiger partial charge in [-0.1, -0.05) is 6.92 Å². The highest BCUT2D eigenvalue weighted by Gasteiger charge is 2.44. The van der Waals surface area contributed by atoms with E-state index in [1.165, 1.54) is 6.26 Å². The largest absolute Gasteiger partial charge is 0.432 e. The van der Waals surface area contributed by atoms with Gasteiger partial charge < -0.3 is 14.5 Å². The van der Waals surface area contributed by atoms with Crippen LogP contribution in [0.2, 0.25) is 0 Å². The van der Waals surface area contributed by atoms with Crippen LogP contribution in [-0.4, -0.2) is 42.1 Å². The Morgan fingerprint density at radius 2 is 1.97 bits per heavy atom. The van der Waals surface area contributed by atoms with Crippen molar-refractivity contribution < 1.29 is 27.1 Å². The van der Waals surface area contributed by atoms with Gasteiger partial charge in [-0.2, -0.15) is 8.78 Å². The van der Waals surface area contributed by atoms with Crippen LogP contribution in [-0.2, 0) is 16.1 Å². The molecule has 3 saturated carbocycles. The summed E-state index contributed by atoms with van der Waals surface area (Å²) in [6.45, 7) is 0.326. The number of carbonyl (C=O) groups is 1. The average Bonchev–Trinajstić information content (AvgIpc) is 3.66. The maximum Gasteiger partial charge on any atom is 0.346 e. The van der Waals surface area contributed by atoms with Crippen molar-refractivity contribution in [3.8, 4) is 0 Å². The summed E-state index contributed by atoms with van der Waals surface area (Å²) in [5, 5.41) is 14.6. The summed E-state index contributed by atoms with van der Waals surface area (Å²) in [5.74, 6) is 0.697. The van der Waals surface area contributed by atoms with E-state index >= 15 is 0 Å². The molecule has 3 N–H and O–H groups in total. The zero-order chi connectivity index (χ0) is 26.8. The van der Waals surface area contributed by atoms with Crippen LogP contribution in [0.15, 0.2) is 16.9 Å². The summed E-state index contributed by atoms with van der Waals surface area (Å²) in [7, 11) is 0. The number of aromatic nitrogens is 1. The van der Waals surface area contributed by atoms with Gasteiger partial charge in [0, 0.05) is 30.6 Å². The number of alkyl halides is 3. The Morgan fingerprint density at radius 1 is 1.18 bits per heavy atom. The van der Waals surface area contributed by atoms with E-state index in [1.54, 1.807) is 10.8 Å². The van der Waals surface area contributed by atoms with Crippen LogP contribution in [0.1, 0.15) is 71.1 Å². The molecule has 5 rings (SSSR count). The summed E-state index contributed by atoms with van der Waals surface area (Å²) in [6.07, 6.45) is 9.94. The van der Waals surface area contributed by atoms with Crippen LogP contribution in [0, 0.1) is 46.8 Å². The van der Waals surface area contributed by atoms with Gasteiger partial charge in [-0.25, -0.2) is 4.39 Å². The summed E-state index contributed by atoms with van der Waals surface area (Å²) in [4.78, 5) is 13.8. The lowest BCUT2D eigenvalue weighted by Gasteiger charge is -2.43. The van der Waals surface area contributed by atoms with Gasteiger partial charge >= 0.3 is 6.61 Å². The smallest absolute Gasteiger partial charge is 0.346 e. The normalized spacial score (nSPS) is 37.2. The van der Waals surface area contributed by atoms with Crippen molar-refractivity contribution in [2.75, 3.05) is 6.54 Å². The van der Waals surface area contributed by atoms with Gasteiger partial charge in [0.15, 0.2) is 0 Å². The zero-order valence-electron chi connectivity index (χ0n) is 22.3. The fourth-order valence-corrected chi connectivity index (χ4v) is 7.64. The van der Waals surface area contributed by atoms with Gasteiger partial charge in [0.25, 0.3) is 5.68 Å². The molecule has 10 heteroatoms. The minimum absolute atomic E-state index is 0.0203. The number of amides is 1. The van der Waals surface area contributed by atoms with Crippen molar-refractivity contribution in [2.45, 2.75) is 103 Å². The predicted molar refractivity (Wildman–Crippen MR) is 135 cm³/mol. The number of hydrogen-bond acceptors (Lipinski definition) is 5. The molecule has 1 aromatic heterocycles. The molecule has 214 valence electrons. The molecule has 38 heavy (non-hydrogen) atoms. The number of nitrogens with one attached hydrogen (secondary N) is 3. The molecule has 7 nitrogen and oxygen atoms in total. The first-order valence-corrected chi connectivity index (χ1v) is 14.6. The van der Waals surface area contributed by atoms with Crippen LogP contribution < -0.4 is 16.3 Å². The first-order chi connectivity index (χ1) is 18.3. The monoisotopic (exact) mass is 540 g/mol. The molecule has 0 bridgehead atoms. The van der Waals surface area contributed by atoms with E-state index in [0.717, 1.165) is 44.9 Å². The number of rotatable bonds is 9. The summed E-state index contributed by atoms with van der Waals surface area (Å²) >= 11 is 0. The third-order valence-corrected chi connectivity index (χ3v) is 9.70. The molecule has 9 atom stereocenters. The molecule has 0 aromatic carbocycles. The SMILES string of the molecule is CC1CC([C@@H](NC(=O)C2CC(Cn3ccoc3=N)CC(C3CCCNC3OC(F)F)C2)C2CC2)CCC1F. The van der Waals surface area contributed by atoms with Crippen molar-refractivity contribution in [3.63, 3.8) is 0 Å². The molecule has 1 aromatic rings. The minimum atomic E-state index is -2.85. The Kier molecular flexibility index (Phi) is 8.87. The Labute approximate surface area is 222 Å². The molecule has 1 amide bonds. The van der Waals surface area contributed by atoms with E-state index in [9.17, 15) is 18.0 Å². The van der Waals surface area contributed by atoms with Crippen molar-refractivity contribution in [2.24, 2.45) is 41.4 Å². The number of halogens is 3. The minimum Gasteiger partial charge on any atom is -0.432 e. The Balaban J connectivity index is 1.31. The second kappa shape index (κ2) is 12.1. The summed E-state index contributed by atoms with van der Waals surface area (Å²) in [5.41, 5.74) is 0.0674. The Morgan fingerprint density at radius 3 is 2.66 bits per heavy atom. The number of ether oxygens (including phenoxy) is 1. The Bertz CT molecular complexity index is 983. The third kappa shape index (κ3) is 6.66. The van der Waals surface area contributed by atoms with Gasteiger partial charge in [0.2, 0.25) is 5.91 Å². The molecule has 8 unspecified atom stereocenters. The van der Waals surface area contributed by atoms with Crippen LogP contribution in [0.4, 0.5) is 13.2 Å². The van der Waals surface area contributed by atoms with Crippen LogP contribution in [0.5, 0.6) is 0 Å². The number of oxazole rings is 1. The van der Waals surface area contributed by atoms with Gasteiger partial charge in [0.1, 0.15) is 18.7 Å². The van der Waals surface area contributed by atoms with Crippen molar-refractivity contribution >= 4 is 5.91 Å². The lowest BCUT2D eigenvalue weighted by atomic mass is 9.68. The van der Waals surface area contributed by atoms with E-state index in [-0.39, 0.29) is 47.2 Å². The quantitative estimate of drug-likeness (QED) is 0.419. The highest BCUT2D eigenvalue weighted by molar-refractivity contribution is 5.79. The second-order valence-corrected chi connectivity index (χ2v) is 12.4. The standard InChI is InChI=1S/C28H43F3N4O3/c1-16-11-19(6-7-23(16)29)24(18-4-5-18)34-25(36)21-13-17(15-35-9-10-37-28(35)32)12-20(14-21)22-3-2-8-33-26(22)38-27(30)31/h9-10,16-24,26-27,32-33H,2-8,11-15H2,1H3,(H,34,36)/t16?,17?,19?,20?,21?,22?,23?,24-,26?/m0/s1. The van der Waals surface area contributed by atoms with Gasteiger partial charge in [-0.05, 0) is 100 Å². The highest BCUT2D eigenvalue weighted by atomic mass is 19.3. The molecule has 1 saturated heterocycles. The van der Waals surface area contributed by atoms with Crippen LogP contribution >= 0.6 is 0 Å². The number of piperidine rings is 1. The van der Waals surface area contributed by atoms with E-state index in [1.807, 2.05) is 6.92 Å². The maximum absolute atomic E-state index is 14.2. The van der Waals surface area contributed by atoms with E-state index in [4.69, 9.17) is 14.6 Å². The van der Waals surface area contributed by atoms with Crippen molar-refractivity contribution in [3.05, 3.63) is 18.1 Å². The van der Waals surface area contributed by atoms with Gasteiger partial charge in [0.05, 0.1) is 0 Å². The molecule has 4 fully saturated rings. The number of carbonyl (C=O) groups excluding carboxylic acids is 1. The van der Waals surface area contributed by atoms with Crippen molar-refractivity contribution in [1.82, 2.24) is 15.2 Å². The van der Waals surface area contributed by atoms with Gasteiger partial charge in [-0.15, -0.1) is 0 Å². The van der Waals surface area contributed by atoms with Crippen molar-refractivity contribution in [1.29, 1.82) is 5.41 Å². The summed E-state index contributed by atoms with van der Waals surface area (Å²) in [6, 6.07) is 0.0885. The maximum atomic E-state index is 14.2. The van der Waals surface area contributed by atoms with Crippen LogP contribution in [0.25, 0.3) is 0 Å². The first-order valence-electron chi connectivity index (χ1n) is 14.6. The molecule has 2 heterocycles. The fourth-order valence-electron chi connectivity index (χ4n) is 7.64. The van der Waals surface area contributed by atoms with Crippen LogP contribution in [0.3, 0.4) is 0 Å². The molecule has 4 aliphatic rings. The number of hydrogen-bond donors (Lipinski definition) is 3. The molecule has 0 spiro atoms. The van der Waals surface area contributed by atoms with Gasteiger partial charge in [-0.3, -0.25) is 20.1 Å². The topological polar surface area (TPSA) is 92.3 Å². The van der Waals surface area contributed by atoms with E-state index < -0.39 is 19.0 Å². The van der Waals surface area contributed by atoms with E-state index in [0.29, 0.717) is 44.2 Å². The molecule has 3 aliphatic carbocycles.